The van der Waals surface area contributed by atoms with Crippen LogP contribution in [0.4, 0.5) is 0 Å². The largest absolute Gasteiger partial charge is 0.497 e. The van der Waals surface area contributed by atoms with Gasteiger partial charge in [-0.1, -0.05) is 12.1 Å². The number of pyridine rings is 1. The Kier molecular flexibility index (Phi) is 5.28. The van der Waals surface area contributed by atoms with Gasteiger partial charge in [0.25, 0.3) is 5.91 Å². The van der Waals surface area contributed by atoms with Crippen molar-refractivity contribution >= 4 is 5.91 Å². The highest BCUT2D eigenvalue weighted by Gasteiger charge is 2.17. The van der Waals surface area contributed by atoms with Crippen LogP contribution in [0.15, 0.2) is 42.6 Å². The lowest BCUT2D eigenvalue weighted by Gasteiger charge is -2.11. The molecule has 1 saturated heterocycles. The van der Waals surface area contributed by atoms with Crippen LogP contribution in [0.25, 0.3) is 0 Å². The van der Waals surface area contributed by atoms with E-state index in [-0.39, 0.29) is 12.0 Å². The van der Waals surface area contributed by atoms with Crippen LogP contribution in [-0.4, -0.2) is 37.3 Å². The van der Waals surface area contributed by atoms with E-state index >= 15 is 0 Å². The van der Waals surface area contributed by atoms with E-state index in [1.54, 1.807) is 19.2 Å². The number of carbonyl (C=O) groups is 1. The fourth-order valence-electron chi connectivity index (χ4n) is 2.43. The van der Waals surface area contributed by atoms with Crippen molar-refractivity contribution in [2.45, 2.75) is 19.1 Å². The van der Waals surface area contributed by atoms with E-state index in [4.69, 9.17) is 14.2 Å². The number of methoxy groups -OCH3 is 1. The summed E-state index contributed by atoms with van der Waals surface area (Å²) in [6.45, 7) is 1.73. The minimum absolute atomic E-state index is 0.0465. The Bertz CT molecular complexity index is 682. The number of benzene rings is 1. The zero-order valence-corrected chi connectivity index (χ0v) is 13.5. The van der Waals surface area contributed by atoms with E-state index < -0.39 is 0 Å². The second-order valence-corrected chi connectivity index (χ2v) is 5.52. The molecule has 0 aliphatic carbocycles. The van der Waals surface area contributed by atoms with Gasteiger partial charge in [0.1, 0.15) is 11.9 Å². The Morgan fingerprint density at radius 1 is 1.38 bits per heavy atom. The van der Waals surface area contributed by atoms with Gasteiger partial charge < -0.3 is 19.5 Å². The van der Waals surface area contributed by atoms with Crippen molar-refractivity contribution in [2.24, 2.45) is 0 Å². The maximum atomic E-state index is 12.2. The van der Waals surface area contributed by atoms with Crippen LogP contribution < -0.4 is 14.8 Å². The third-order valence-electron chi connectivity index (χ3n) is 3.76. The van der Waals surface area contributed by atoms with Crippen LogP contribution in [-0.2, 0) is 11.3 Å². The van der Waals surface area contributed by atoms with Crippen LogP contribution in [0.3, 0.4) is 0 Å². The molecule has 1 aliphatic rings. The molecule has 1 fully saturated rings. The molecule has 1 aromatic carbocycles. The number of ether oxygens (including phenoxy) is 3. The molecule has 126 valence electrons. The first-order valence-electron chi connectivity index (χ1n) is 7.86. The molecule has 1 amide bonds. The summed E-state index contributed by atoms with van der Waals surface area (Å²) in [4.78, 5) is 16.4. The molecule has 2 heterocycles. The molecular weight excluding hydrogens is 308 g/mol. The van der Waals surface area contributed by atoms with Crippen molar-refractivity contribution in [3.63, 3.8) is 0 Å². The Morgan fingerprint density at radius 2 is 2.29 bits per heavy atom. The molecule has 1 N–H and O–H groups in total. The minimum Gasteiger partial charge on any atom is -0.497 e. The zero-order chi connectivity index (χ0) is 16.8. The summed E-state index contributed by atoms with van der Waals surface area (Å²) in [5.74, 6) is 1.09. The number of carbonyl (C=O) groups excluding carboxylic acids is 1. The van der Waals surface area contributed by atoms with Gasteiger partial charge >= 0.3 is 0 Å². The van der Waals surface area contributed by atoms with Gasteiger partial charge in [-0.3, -0.25) is 4.79 Å². The first kappa shape index (κ1) is 16.3. The fourth-order valence-corrected chi connectivity index (χ4v) is 2.43. The molecule has 0 saturated carbocycles. The van der Waals surface area contributed by atoms with Crippen molar-refractivity contribution < 1.29 is 19.0 Å². The third kappa shape index (κ3) is 4.23. The lowest BCUT2D eigenvalue weighted by molar-refractivity contribution is 0.0950. The molecule has 0 bridgehead atoms. The smallest absolute Gasteiger partial charge is 0.253 e. The van der Waals surface area contributed by atoms with E-state index in [0.717, 1.165) is 24.3 Å². The van der Waals surface area contributed by atoms with Crippen molar-refractivity contribution in [3.05, 3.63) is 53.7 Å². The number of aromatic nitrogens is 1. The lowest BCUT2D eigenvalue weighted by atomic mass is 10.2. The van der Waals surface area contributed by atoms with E-state index in [2.05, 4.69) is 10.3 Å². The molecular formula is C18H20N2O4. The third-order valence-corrected chi connectivity index (χ3v) is 3.76. The summed E-state index contributed by atoms with van der Waals surface area (Å²) in [6, 6.07) is 11.0. The quantitative estimate of drug-likeness (QED) is 0.880. The average molecular weight is 328 g/mol. The van der Waals surface area contributed by atoms with Crippen LogP contribution in [0.1, 0.15) is 22.3 Å². The van der Waals surface area contributed by atoms with E-state index in [0.29, 0.717) is 24.6 Å². The topological polar surface area (TPSA) is 69.7 Å². The van der Waals surface area contributed by atoms with E-state index in [9.17, 15) is 4.79 Å². The van der Waals surface area contributed by atoms with E-state index in [1.807, 2.05) is 24.3 Å². The fraction of sp³-hybridized carbons (Fsp3) is 0.333. The number of nitrogens with zero attached hydrogens (tertiary/aromatic N) is 1. The predicted octanol–water partition coefficient (Wildman–Crippen LogP) is 2.19. The monoisotopic (exact) mass is 328 g/mol. The molecule has 2 aromatic rings. The summed E-state index contributed by atoms with van der Waals surface area (Å²) in [5.41, 5.74) is 1.46. The summed E-state index contributed by atoms with van der Waals surface area (Å²) in [6.07, 6.45) is 2.43. The molecule has 0 radical (unpaired) electrons. The first-order valence-corrected chi connectivity index (χ1v) is 7.86. The van der Waals surface area contributed by atoms with Crippen LogP contribution in [0.5, 0.6) is 11.6 Å². The van der Waals surface area contributed by atoms with Crippen LogP contribution >= 0.6 is 0 Å². The highest BCUT2D eigenvalue weighted by atomic mass is 16.5. The number of hydrogen-bond donors (Lipinski definition) is 1. The summed E-state index contributed by atoms with van der Waals surface area (Å²) >= 11 is 0. The lowest BCUT2D eigenvalue weighted by Crippen LogP contribution is -2.23. The highest BCUT2D eigenvalue weighted by molar-refractivity contribution is 5.93. The van der Waals surface area contributed by atoms with Gasteiger partial charge in [-0.05, 0) is 23.8 Å². The van der Waals surface area contributed by atoms with Gasteiger partial charge in [0.05, 0.1) is 25.9 Å². The summed E-state index contributed by atoms with van der Waals surface area (Å²) < 4.78 is 16.1. The molecule has 3 rings (SSSR count). The maximum absolute atomic E-state index is 12.2. The molecule has 6 heteroatoms. The zero-order valence-electron chi connectivity index (χ0n) is 13.5. The number of nitrogens with one attached hydrogen (secondary N) is 1. The Labute approximate surface area is 140 Å². The molecule has 1 aliphatic heterocycles. The van der Waals surface area contributed by atoms with Gasteiger partial charge in [0, 0.05) is 25.2 Å². The second kappa shape index (κ2) is 7.79. The maximum Gasteiger partial charge on any atom is 0.253 e. The standard InChI is InChI=1S/C18H20N2O4/c1-22-15-4-2-3-13(9-15)10-20-18(21)14-5-6-17(19-11-14)24-16-7-8-23-12-16/h2-6,9,11,16H,7-8,10,12H2,1H3,(H,20,21)/t16-/m0/s1. The molecule has 1 aromatic heterocycles. The van der Waals surface area contributed by atoms with Crippen molar-refractivity contribution in [3.8, 4) is 11.6 Å². The van der Waals surface area contributed by atoms with Gasteiger partial charge in [-0.2, -0.15) is 0 Å². The molecule has 1 atom stereocenters. The number of hydrogen-bond acceptors (Lipinski definition) is 5. The normalized spacial score (nSPS) is 16.6. The van der Waals surface area contributed by atoms with Gasteiger partial charge in [0.2, 0.25) is 5.88 Å². The Balaban J connectivity index is 1.54. The first-order chi connectivity index (χ1) is 11.7. The summed E-state index contributed by atoms with van der Waals surface area (Å²) in [7, 11) is 1.62. The van der Waals surface area contributed by atoms with Gasteiger partial charge in [0.15, 0.2) is 0 Å². The summed E-state index contributed by atoms with van der Waals surface area (Å²) in [5, 5.41) is 2.86. The molecule has 0 spiro atoms. The SMILES string of the molecule is COc1cccc(CNC(=O)c2ccc(O[C@H]3CCOC3)nc2)c1. The van der Waals surface area contributed by atoms with Crippen LogP contribution in [0, 0.1) is 0 Å². The van der Waals surface area contributed by atoms with Crippen molar-refractivity contribution in [1.29, 1.82) is 0 Å². The molecule has 6 nitrogen and oxygen atoms in total. The van der Waals surface area contributed by atoms with Gasteiger partial charge in [-0.15, -0.1) is 0 Å². The van der Waals surface area contributed by atoms with Gasteiger partial charge in [-0.25, -0.2) is 4.98 Å². The van der Waals surface area contributed by atoms with Crippen molar-refractivity contribution in [1.82, 2.24) is 10.3 Å². The van der Waals surface area contributed by atoms with Crippen molar-refractivity contribution in [2.75, 3.05) is 20.3 Å². The highest BCUT2D eigenvalue weighted by Crippen LogP contribution is 2.15. The van der Waals surface area contributed by atoms with Crippen LogP contribution in [0.2, 0.25) is 0 Å². The van der Waals surface area contributed by atoms with E-state index in [1.165, 1.54) is 6.20 Å². The molecule has 0 unspecified atom stereocenters. The Morgan fingerprint density at radius 3 is 3.00 bits per heavy atom. The predicted molar refractivity (Wildman–Crippen MR) is 88.3 cm³/mol. The number of rotatable bonds is 6. The average Bonchev–Trinajstić information content (AvgIpc) is 3.13. The Hall–Kier alpha value is -2.60. The number of amides is 1. The molecule has 24 heavy (non-hydrogen) atoms. The minimum atomic E-state index is -0.180. The second-order valence-electron chi connectivity index (χ2n) is 5.52.